The van der Waals surface area contributed by atoms with Gasteiger partial charge in [0.25, 0.3) is 0 Å². The average Bonchev–Trinajstić information content (AvgIpc) is 3.25. The van der Waals surface area contributed by atoms with Gasteiger partial charge in [-0.25, -0.2) is 9.00 Å². The Hall–Kier alpha value is -3.71. The van der Waals surface area contributed by atoms with Gasteiger partial charge in [-0.2, -0.15) is 0 Å². The molecule has 0 aliphatic rings. The van der Waals surface area contributed by atoms with E-state index >= 15 is 0 Å². The highest BCUT2D eigenvalue weighted by atomic mass is 32.2. The summed E-state index contributed by atoms with van der Waals surface area (Å²) in [5.41, 5.74) is 2.27. The number of nitrogens with zero attached hydrogens (tertiary/aromatic N) is 2. The van der Waals surface area contributed by atoms with Crippen molar-refractivity contribution in [3.05, 3.63) is 95.7 Å². The fourth-order valence-corrected chi connectivity index (χ4v) is 5.80. The number of carbonyl (C=O) groups excluding carboxylic acids is 2. The quantitative estimate of drug-likeness (QED) is 0.250. The number of carbonyl (C=O) groups is 2. The van der Waals surface area contributed by atoms with Crippen molar-refractivity contribution in [2.24, 2.45) is 0 Å². The summed E-state index contributed by atoms with van der Waals surface area (Å²) in [4.78, 5) is 30.1. The second-order valence-electron chi connectivity index (χ2n) is 12.0. The third kappa shape index (κ3) is 6.70. The molecule has 3 aromatic carbocycles. The van der Waals surface area contributed by atoms with E-state index < -0.39 is 28.0 Å². The van der Waals surface area contributed by atoms with Crippen LogP contribution in [-0.2, 0) is 33.3 Å². The number of rotatable bonds is 6. The number of hydrogen-bond donors (Lipinski definition) is 0. The number of para-hydroxylation sites is 1. The zero-order valence-corrected chi connectivity index (χ0v) is 25.2. The Kier molecular flexibility index (Phi) is 8.36. The van der Waals surface area contributed by atoms with E-state index in [-0.39, 0.29) is 12.3 Å². The summed E-state index contributed by atoms with van der Waals surface area (Å²) < 4.78 is 20.6. The first kappa shape index (κ1) is 29.3. The normalized spacial score (nSPS) is 12.8. The maximum atomic E-state index is 13.9. The van der Waals surface area contributed by atoms with Gasteiger partial charge in [-0.15, -0.1) is 0 Å². The van der Waals surface area contributed by atoms with Crippen molar-refractivity contribution in [3.8, 4) is 0 Å². The van der Waals surface area contributed by atoms with Crippen LogP contribution < -0.4 is 0 Å². The summed E-state index contributed by atoms with van der Waals surface area (Å²) in [5, 5.41) is 0.885. The number of fused-ring (bicyclic) bond motifs is 1. The first-order valence-corrected chi connectivity index (χ1v) is 14.6. The molecule has 1 amide bonds. The second-order valence-corrected chi connectivity index (χ2v) is 13.5. The maximum absolute atomic E-state index is 13.9. The highest BCUT2D eigenvalue weighted by molar-refractivity contribution is 7.85. The van der Waals surface area contributed by atoms with Gasteiger partial charge in [-0.3, -0.25) is 9.36 Å². The van der Waals surface area contributed by atoms with Gasteiger partial charge in [-0.05, 0) is 83.9 Å². The molecule has 0 saturated heterocycles. The van der Waals surface area contributed by atoms with Crippen LogP contribution in [0.4, 0.5) is 4.79 Å². The first-order chi connectivity index (χ1) is 18.7. The van der Waals surface area contributed by atoms with E-state index in [0.29, 0.717) is 16.3 Å². The number of benzene rings is 3. The topological polar surface area (TPSA) is 68.6 Å². The Morgan fingerprint density at radius 3 is 2.12 bits per heavy atom. The molecule has 0 saturated carbocycles. The number of aryl methyl sites for hydroxylation is 1. The van der Waals surface area contributed by atoms with E-state index in [9.17, 15) is 13.8 Å². The van der Waals surface area contributed by atoms with E-state index in [1.165, 1.54) is 4.57 Å². The number of amides is 1. The minimum Gasteiger partial charge on any atom is -0.443 e. The highest BCUT2D eigenvalue weighted by Gasteiger charge is 2.29. The molecule has 0 N–H and O–H groups in total. The van der Waals surface area contributed by atoms with E-state index in [4.69, 9.17) is 4.74 Å². The minimum absolute atomic E-state index is 0.0880. The van der Waals surface area contributed by atoms with Crippen molar-refractivity contribution in [1.29, 1.82) is 0 Å². The van der Waals surface area contributed by atoms with Crippen molar-refractivity contribution >= 4 is 33.7 Å². The van der Waals surface area contributed by atoms with Crippen LogP contribution in [0.25, 0.3) is 10.9 Å². The van der Waals surface area contributed by atoms with Gasteiger partial charge in [-0.1, -0.05) is 54.1 Å². The molecule has 0 fully saturated rings. The lowest BCUT2D eigenvalue weighted by Crippen LogP contribution is -2.45. The van der Waals surface area contributed by atoms with Crippen LogP contribution in [0.1, 0.15) is 58.2 Å². The zero-order valence-electron chi connectivity index (χ0n) is 24.4. The summed E-state index contributed by atoms with van der Waals surface area (Å²) in [6.07, 6.45) is 1.41. The molecule has 7 heteroatoms. The van der Waals surface area contributed by atoms with E-state index in [1.54, 1.807) is 6.20 Å². The van der Waals surface area contributed by atoms with Crippen LogP contribution in [0.2, 0.25) is 0 Å². The van der Waals surface area contributed by atoms with Gasteiger partial charge >= 0.3 is 6.09 Å². The Labute approximate surface area is 239 Å². The van der Waals surface area contributed by atoms with Crippen LogP contribution in [0.15, 0.2) is 88.8 Å². The predicted octanol–water partition coefficient (Wildman–Crippen LogP) is 7.27. The molecular weight excluding hydrogens is 520 g/mol. The van der Waals surface area contributed by atoms with E-state index in [2.05, 4.69) is 0 Å². The van der Waals surface area contributed by atoms with Crippen LogP contribution in [0.5, 0.6) is 0 Å². The predicted molar refractivity (Wildman–Crippen MR) is 160 cm³/mol. The molecular formula is C33H38N2O4S. The van der Waals surface area contributed by atoms with Gasteiger partial charge < -0.3 is 9.64 Å². The smallest absolute Gasteiger partial charge is 0.419 e. The molecule has 1 heterocycles. The number of ether oxygens (including phenoxy) is 1. The zero-order chi connectivity index (χ0) is 29.2. The van der Waals surface area contributed by atoms with Gasteiger partial charge in [0.15, 0.2) is 0 Å². The van der Waals surface area contributed by atoms with Crippen molar-refractivity contribution in [2.45, 2.75) is 82.4 Å². The van der Waals surface area contributed by atoms with Crippen molar-refractivity contribution in [1.82, 2.24) is 9.47 Å². The molecule has 1 unspecified atom stereocenters. The molecule has 40 heavy (non-hydrogen) atoms. The van der Waals surface area contributed by atoms with Crippen molar-refractivity contribution in [2.75, 3.05) is 0 Å². The first-order valence-electron chi connectivity index (χ1n) is 13.4. The van der Waals surface area contributed by atoms with E-state index in [1.807, 2.05) is 126 Å². The third-order valence-corrected chi connectivity index (χ3v) is 8.07. The van der Waals surface area contributed by atoms with Gasteiger partial charge in [0.1, 0.15) is 5.60 Å². The fourth-order valence-electron chi connectivity index (χ4n) is 4.59. The lowest BCUT2D eigenvalue weighted by atomic mass is 10.0. The molecule has 210 valence electrons. The standard InChI is InChI=1S/C33H38N2O4S/c1-23-16-18-26(19-17-23)40(38)29-15-11-8-12-24(29)20-30(36)35(32(2,3)4)22-25-21-34(31(37)39-33(5,6)7)28-14-10-9-13-27(25)28/h8-19,21H,20,22H2,1-7H3. The fraction of sp³-hybridized carbons (Fsp3) is 0.333. The van der Waals surface area contributed by atoms with E-state index in [0.717, 1.165) is 27.6 Å². The van der Waals surface area contributed by atoms with Crippen LogP contribution in [0, 0.1) is 6.92 Å². The molecule has 6 nitrogen and oxygen atoms in total. The number of hydrogen-bond acceptors (Lipinski definition) is 4. The summed E-state index contributed by atoms with van der Waals surface area (Å²) in [6, 6.07) is 22.7. The second kappa shape index (κ2) is 11.4. The molecule has 4 rings (SSSR count). The molecule has 4 aromatic rings. The van der Waals surface area contributed by atoms with Gasteiger partial charge in [0.2, 0.25) is 5.91 Å². The SMILES string of the molecule is Cc1ccc(S(=O)c2ccccc2CC(=O)N(Cc2cn(C(=O)OC(C)(C)C)c3ccccc23)C(C)(C)C)cc1. The molecule has 0 aliphatic heterocycles. The maximum Gasteiger partial charge on any atom is 0.419 e. The Balaban J connectivity index is 1.65. The molecule has 1 atom stereocenters. The summed E-state index contributed by atoms with van der Waals surface area (Å²) in [6.45, 7) is 13.8. The monoisotopic (exact) mass is 558 g/mol. The summed E-state index contributed by atoms with van der Waals surface area (Å²) >= 11 is 0. The van der Waals surface area contributed by atoms with Crippen LogP contribution >= 0.6 is 0 Å². The average molecular weight is 559 g/mol. The molecule has 0 bridgehead atoms. The largest absolute Gasteiger partial charge is 0.443 e. The Bertz CT molecular complexity index is 1560. The van der Waals surface area contributed by atoms with Crippen LogP contribution in [-0.4, -0.2) is 36.8 Å². The van der Waals surface area contributed by atoms with Gasteiger partial charge in [0, 0.05) is 33.5 Å². The molecule has 1 aromatic heterocycles. The number of aromatic nitrogens is 1. The van der Waals surface area contributed by atoms with Crippen molar-refractivity contribution in [3.63, 3.8) is 0 Å². The lowest BCUT2D eigenvalue weighted by Gasteiger charge is -2.36. The Morgan fingerprint density at radius 2 is 1.48 bits per heavy atom. The molecule has 0 spiro atoms. The van der Waals surface area contributed by atoms with Gasteiger partial charge in [0.05, 0.1) is 22.7 Å². The molecule has 0 radical (unpaired) electrons. The molecule has 0 aliphatic carbocycles. The summed E-state index contributed by atoms with van der Waals surface area (Å²) in [7, 11) is -1.41. The van der Waals surface area contributed by atoms with Crippen LogP contribution in [0.3, 0.4) is 0 Å². The van der Waals surface area contributed by atoms with Crippen molar-refractivity contribution < 1.29 is 18.5 Å². The minimum atomic E-state index is -1.41. The summed E-state index contributed by atoms with van der Waals surface area (Å²) in [5.74, 6) is -0.0880. The Morgan fingerprint density at radius 1 is 0.850 bits per heavy atom. The lowest BCUT2D eigenvalue weighted by molar-refractivity contribution is -0.136. The third-order valence-electron chi connectivity index (χ3n) is 6.57. The highest BCUT2D eigenvalue weighted by Crippen LogP contribution is 2.28.